The molecule has 5 heteroatoms. The Balaban J connectivity index is 1.84. The molecule has 0 spiro atoms. The van der Waals surface area contributed by atoms with Crippen LogP contribution in [0.2, 0.25) is 0 Å². The molecule has 4 rings (SSSR count). The second-order valence-electron chi connectivity index (χ2n) is 4.89. The number of aromatic nitrogens is 4. The summed E-state index contributed by atoms with van der Waals surface area (Å²) in [5.41, 5.74) is 3.97. The molecule has 22 heavy (non-hydrogen) atoms. The van der Waals surface area contributed by atoms with Crippen LogP contribution in [0.1, 0.15) is 0 Å². The zero-order chi connectivity index (χ0) is 14.8. The summed E-state index contributed by atoms with van der Waals surface area (Å²) in [6.07, 6.45) is 5.13. The predicted molar refractivity (Wildman–Crippen MR) is 85.9 cm³/mol. The highest BCUT2D eigenvalue weighted by molar-refractivity contribution is 5.73. The van der Waals surface area contributed by atoms with Gasteiger partial charge in [0.1, 0.15) is 12.1 Å². The van der Waals surface area contributed by atoms with Crippen LogP contribution < -0.4 is 5.32 Å². The number of nitrogens with one attached hydrogen (secondary N) is 1. The number of hydrogen-bond donors (Lipinski definition) is 1. The molecule has 0 amide bonds. The zero-order valence-corrected chi connectivity index (χ0v) is 11.7. The number of benzene rings is 1. The standard InChI is InChI=1S/C17H13N5/c1-2-4-15(5-3-1)21-17-11-14(13-6-8-18-9-7-13)10-16-19-12-20-22(16)17/h1-12,21H. The second kappa shape index (κ2) is 5.29. The highest BCUT2D eigenvalue weighted by atomic mass is 15.3. The number of hydrogen-bond acceptors (Lipinski definition) is 4. The van der Waals surface area contributed by atoms with Crippen LogP contribution in [0.25, 0.3) is 16.8 Å². The summed E-state index contributed by atoms with van der Waals surface area (Å²) in [4.78, 5) is 8.37. The monoisotopic (exact) mass is 287 g/mol. The van der Waals surface area contributed by atoms with E-state index in [0.29, 0.717) is 0 Å². The molecule has 1 aromatic carbocycles. The van der Waals surface area contributed by atoms with E-state index in [-0.39, 0.29) is 0 Å². The summed E-state index contributed by atoms with van der Waals surface area (Å²) in [7, 11) is 0. The first-order chi connectivity index (χ1) is 10.9. The maximum Gasteiger partial charge on any atom is 0.158 e. The van der Waals surface area contributed by atoms with E-state index in [1.807, 2.05) is 48.5 Å². The van der Waals surface area contributed by atoms with E-state index in [9.17, 15) is 0 Å². The summed E-state index contributed by atoms with van der Waals surface area (Å²) in [6.45, 7) is 0. The maximum absolute atomic E-state index is 4.30. The first-order valence-corrected chi connectivity index (χ1v) is 6.96. The van der Waals surface area contributed by atoms with E-state index < -0.39 is 0 Å². The Bertz CT molecular complexity index is 900. The predicted octanol–water partition coefficient (Wildman–Crippen LogP) is 3.53. The topological polar surface area (TPSA) is 55.1 Å². The molecule has 0 bridgehead atoms. The number of para-hydroxylation sites is 1. The average molecular weight is 287 g/mol. The van der Waals surface area contributed by atoms with Crippen molar-refractivity contribution in [2.24, 2.45) is 0 Å². The Labute approximate surface area is 127 Å². The van der Waals surface area contributed by atoms with Crippen LogP contribution in [0.3, 0.4) is 0 Å². The van der Waals surface area contributed by atoms with Gasteiger partial charge >= 0.3 is 0 Å². The molecule has 0 saturated carbocycles. The van der Waals surface area contributed by atoms with Crippen LogP contribution in [0.5, 0.6) is 0 Å². The molecule has 0 atom stereocenters. The van der Waals surface area contributed by atoms with Crippen molar-refractivity contribution in [1.82, 2.24) is 19.6 Å². The van der Waals surface area contributed by atoms with Crippen molar-refractivity contribution < 1.29 is 0 Å². The van der Waals surface area contributed by atoms with E-state index in [0.717, 1.165) is 28.3 Å². The van der Waals surface area contributed by atoms with Gasteiger partial charge in [-0.3, -0.25) is 4.98 Å². The number of nitrogens with zero attached hydrogens (tertiary/aromatic N) is 4. The maximum atomic E-state index is 4.30. The Morgan fingerprint density at radius 2 is 1.68 bits per heavy atom. The van der Waals surface area contributed by atoms with Gasteiger partial charge in [-0.15, -0.1) is 0 Å². The van der Waals surface area contributed by atoms with Crippen molar-refractivity contribution in [2.45, 2.75) is 0 Å². The zero-order valence-electron chi connectivity index (χ0n) is 11.7. The summed E-state index contributed by atoms with van der Waals surface area (Å²) in [5.74, 6) is 0.869. The molecule has 0 aliphatic rings. The van der Waals surface area contributed by atoms with Gasteiger partial charge in [0.25, 0.3) is 0 Å². The minimum Gasteiger partial charge on any atom is -0.340 e. The number of fused-ring (bicyclic) bond motifs is 1. The van der Waals surface area contributed by atoms with Crippen molar-refractivity contribution in [2.75, 3.05) is 5.32 Å². The molecule has 3 heterocycles. The average Bonchev–Trinajstić information content (AvgIpc) is 3.05. The van der Waals surface area contributed by atoms with E-state index in [1.54, 1.807) is 23.2 Å². The SMILES string of the molecule is c1ccc(Nc2cc(-c3ccncc3)cc3ncnn23)cc1. The molecule has 106 valence electrons. The lowest BCUT2D eigenvalue weighted by molar-refractivity contribution is 0.969. The Morgan fingerprint density at radius 1 is 0.864 bits per heavy atom. The van der Waals surface area contributed by atoms with Crippen molar-refractivity contribution in [3.05, 3.63) is 73.3 Å². The van der Waals surface area contributed by atoms with Gasteiger partial charge in [-0.2, -0.15) is 9.61 Å². The fourth-order valence-electron chi connectivity index (χ4n) is 2.39. The van der Waals surface area contributed by atoms with E-state index in [1.165, 1.54) is 0 Å². The third kappa shape index (κ3) is 2.29. The molecule has 4 aromatic rings. The van der Waals surface area contributed by atoms with Gasteiger partial charge < -0.3 is 5.32 Å². The molecule has 3 aromatic heterocycles. The van der Waals surface area contributed by atoms with Crippen molar-refractivity contribution in [3.63, 3.8) is 0 Å². The molecule has 1 N–H and O–H groups in total. The van der Waals surface area contributed by atoms with Gasteiger partial charge in [0, 0.05) is 18.1 Å². The van der Waals surface area contributed by atoms with Crippen LogP contribution >= 0.6 is 0 Å². The molecule has 0 fully saturated rings. The molecule has 5 nitrogen and oxygen atoms in total. The molecule has 0 radical (unpaired) electrons. The minimum absolute atomic E-state index is 0.799. The summed E-state index contributed by atoms with van der Waals surface area (Å²) in [6, 6.07) is 18.0. The van der Waals surface area contributed by atoms with Gasteiger partial charge in [0.15, 0.2) is 5.65 Å². The largest absolute Gasteiger partial charge is 0.340 e. The summed E-state index contributed by atoms with van der Waals surface area (Å²) < 4.78 is 1.79. The summed E-state index contributed by atoms with van der Waals surface area (Å²) in [5, 5.41) is 7.67. The van der Waals surface area contributed by atoms with Crippen molar-refractivity contribution >= 4 is 17.2 Å². The minimum atomic E-state index is 0.799. The van der Waals surface area contributed by atoms with E-state index in [2.05, 4.69) is 26.4 Å². The molecule has 0 unspecified atom stereocenters. The van der Waals surface area contributed by atoms with Gasteiger partial charge in [0.05, 0.1) is 0 Å². The van der Waals surface area contributed by atoms with Gasteiger partial charge in [-0.25, -0.2) is 4.98 Å². The third-order valence-electron chi connectivity index (χ3n) is 3.44. The van der Waals surface area contributed by atoms with Gasteiger partial charge in [-0.1, -0.05) is 18.2 Å². The van der Waals surface area contributed by atoms with Crippen molar-refractivity contribution in [3.8, 4) is 11.1 Å². The number of rotatable bonds is 3. The molecule has 0 aliphatic heterocycles. The third-order valence-corrected chi connectivity index (χ3v) is 3.44. The Morgan fingerprint density at radius 3 is 2.50 bits per heavy atom. The van der Waals surface area contributed by atoms with Gasteiger partial charge in [0.2, 0.25) is 0 Å². The number of anilines is 2. The quantitative estimate of drug-likeness (QED) is 0.626. The van der Waals surface area contributed by atoms with E-state index >= 15 is 0 Å². The first kappa shape index (κ1) is 12.5. The lowest BCUT2D eigenvalue weighted by atomic mass is 10.1. The smallest absolute Gasteiger partial charge is 0.158 e. The molecule has 0 saturated heterocycles. The second-order valence-corrected chi connectivity index (χ2v) is 4.89. The van der Waals surface area contributed by atoms with Crippen LogP contribution in [0, 0.1) is 0 Å². The highest BCUT2D eigenvalue weighted by Crippen LogP contribution is 2.25. The molecule has 0 aliphatic carbocycles. The number of pyridine rings is 2. The summed E-state index contributed by atoms with van der Waals surface area (Å²) >= 11 is 0. The van der Waals surface area contributed by atoms with Crippen LogP contribution in [-0.4, -0.2) is 19.6 Å². The fourth-order valence-corrected chi connectivity index (χ4v) is 2.39. The Hall–Kier alpha value is -3.21. The van der Waals surface area contributed by atoms with Gasteiger partial charge in [-0.05, 0) is 47.5 Å². The molecular weight excluding hydrogens is 274 g/mol. The van der Waals surface area contributed by atoms with Crippen LogP contribution in [0.4, 0.5) is 11.5 Å². The highest BCUT2D eigenvalue weighted by Gasteiger charge is 2.07. The fraction of sp³-hybridized carbons (Fsp3) is 0. The normalized spacial score (nSPS) is 10.7. The molecular formula is C17H13N5. The lowest BCUT2D eigenvalue weighted by Gasteiger charge is -2.10. The van der Waals surface area contributed by atoms with Crippen molar-refractivity contribution in [1.29, 1.82) is 0 Å². The van der Waals surface area contributed by atoms with Crippen LogP contribution in [0.15, 0.2) is 73.3 Å². The Kier molecular flexibility index (Phi) is 3.01. The van der Waals surface area contributed by atoms with Crippen LogP contribution in [-0.2, 0) is 0 Å². The van der Waals surface area contributed by atoms with E-state index in [4.69, 9.17) is 0 Å². The first-order valence-electron chi connectivity index (χ1n) is 6.96. The lowest BCUT2D eigenvalue weighted by Crippen LogP contribution is -2.00.